The Morgan fingerprint density at radius 2 is 1.83 bits per heavy atom. The number of rotatable bonds is 4. The Hall–Kier alpha value is -2.49. The summed E-state index contributed by atoms with van der Waals surface area (Å²) >= 11 is 0. The van der Waals surface area contributed by atoms with Gasteiger partial charge in [0.15, 0.2) is 0 Å². The highest BCUT2D eigenvalue weighted by Gasteiger charge is 2.34. The summed E-state index contributed by atoms with van der Waals surface area (Å²) in [6.07, 6.45) is -0.173. The quantitative estimate of drug-likeness (QED) is 0.926. The molecule has 4 nitrogen and oxygen atoms in total. The molecule has 0 aromatic heterocycles. The minimum Gasteiger partial charge on any atom is -0.494 e. The van der Waals surface area contributed by atoms with E-state index in [9.17, 15) is 4.79 Å². The first-order valence-electron chi connectivity index (χ1n) is 8.02. The van der Waals surface area contributed by atoms with Crippen LogP contribution in [0.3, 0.4) is 0 Å². The van der Waals surface area contributed by atoms with Gasteiger partial charge in [-0.3, -0.25) is 4.79 Å². The maximum atomic E-state index is 12.9. The molecule has 0 radical (unpaired) electrons. The van der Waals surface area contributed by atoms with Gasteiger partial charge in [-0.1, -0.05) is 24.3 Å². The van der Waals surface area contributed by atoms with E-state index in [1.807, 2.05) is 74.2 Å². The zero-order valence-corrected chi connectivity index (χ0v) is 13.7. The molecule has 3 rings (SSSR count). The van der Waals surface area contributed by atoms with Crippen LogP contribution in [0.2, 0.25) is 0 Å². The average molecular weight is 310 g/mol. The lowest BCUT2D eigenvalue weighted by Gasteiger charge is -2.40. The zero-order chi connectivity index (χ0) is 16.4. The molecule has 1 atom stereocenters. The molecule has 120 valence electrons. The minimum absolute atomic E-state index is 0.0632. The highest BCUT2D eigenvalue weighted by atomic mass is 16.5. The fraction of sp³-hybridized carbons (Fsp3) is 0.316. The summed E-state index contributed by atoms with van der Waals surface area (Å²) in [5.74, 6) is 0.906. The SMILES string of the molecule is CCOc1ccc(C2Nc3ccccc3C(=O)N2C(C)C)cc1. The normalized spacial score (nSPS) is 17.0. The van der Waals surface area contributed by atoms with E-state index in [0.717, 1.165) is 22.6 Å². The van der Waals surface area contributed by atoms with Crippen LogP contribution in [-0.2, 0) is 0 Å². The number of fused-ring (bicyclic) bond motifs is 1. The summed E-state index contributed by atoms with van der Waals surface area (Å²) in [4.78, 5) is 14.8. The Labute approximate surface area is 137 Å². The van der Waals surface area contributed by atoms with E-state index in [1.54, 1.807) is 0 Å². The standard InChI is InChI=1S/C19H22N2O2/c1-4-23-15-11-9-14(10-12-15)18-20-17-8-6-5-7-16(17)19(22)21(18)13(2)3/h5-13,18,20H,4H2,1-3H3. The molecule has 0 aliphatic carbocycles. The van der Waals surface area contributed by atoms with Crippen LogP contribution >= 0.6 is 0 Å². The van der Waals surface area contributed by atoms with Gasteiger partial charge in [-0.25, -0.2) is 0 Å². The first kappa shape index (κ1) is 15.4. The van der Waals surface area contributed by atoms with Crippen molar-refractivity contribution in [3.05, 3.63) is 59.7 Å². The molecule has 0 saturated heterocycles. The van der Waals surface area contributed by atoms with Crippen LogP contribution < -0.4 is 10.1 Å². The molecule has 1 unspecified atom stereocenters. The third kappa shape index (κ3) is 2.89. The first-order valence-corrected chi connectivity index (χ1v) is 8.02. The Kier molecular flexibility index (Phi) is 4.24. The van der Waals surface area contributed by atoms with E-state index < -0.39 is 0 Å². The maximum absolute atomic E-state index is 12.9. The minimum atomic E-state index is -0.173. The van der Waals surface area contributed by atoms with Crippen LogP contribution in [0.5, 0.6) is 5.75 Å². The Morgan fingerprint density at radius 3 is 2.48 bits per heavy atom. The van der Waals surface area contributed by atoms with Crippen molar-refractivity contribution >= 4 is 11.6 Å². The van der Waals surface area contributed by atoms with Crippen molar-refractivity contribution in [3.63, 3.8) is 0 Å². The molecule has 23 heavy (non-hydrogen) atoms. The lowest BCUT2D eigenvalue weighted by atomic mass is 10.0. The van der Waals surface area contributed by atoms with Crippen molar-refractivity contribution in [1.82, 2.24) is 4.90 Å². The highest BCUT2D eigenvalue weighted by molar-refractivity contribution is 6.01. The van der Waals surface area contributed by atoms with Crippen molar-refractivity contribution in [2.45, 2.75) is 33.0 Å². The smallest absolute Gasteiger partial charge is 0.258 e. The second-order valence-electron chi connectivity index (χ2n) is 5.90. The number of amides is 1. The number of carbonyl (C=O) groups is 1. The van der Waals surface area contributed by atoms with Crippen molar-refractivity contribution in [2.75, 3.05) is 11.9 Å². The van der Waals surface area contributed by atoms with Gasteiger partial charge >= 0.3 is 0 Å². The van der Waals surface area contributed by atoms with E-state index in [1.165, 1.54) is 0 Å². The monoisotopic (exact) mass is 310 g/mol. The number of benzene rings is 2. The predicted molar refractivity (Wildman–Crippen MR) is 91.7 cm³/mol. The van der Waals surface area contributed by atoms with Crippen LogP contribution in [0.25, 0.3) is 0 Å². The summed E-state index contributed by atoms with van der Waals surface area (Å²) in [6, 6.07) is 15.7. The lowest BCUT2D eigenvalue weighted by molar-refractivity contribution is 0.0617. The number of hydrogen-bond donors (Lipinski definition) is 1. The van der Waals surface area contributed by atoms with Gasteiger partial charge in [0.25, 0.3) is 5.91 Å². The fourth-order valence-corrected chi connectivity index (χ4v) is 2.96. The third-order valence-corrected chi connectivity index (χ3v) is 4.03. The molecule has 1 heterocycles. The van der Waals surface area contributed by atoms with Crippen LogP contribution in [0, 0.1) is 0 Å². The first-order chi connectivity index (χ1) is 11.1. The number of anilines is 1. The molecule has 2 aromatic rings. The van der Waals surface area contributed by atoms with E-state index in [0.29, 0.717) is 6.61 Å². The van der Waals surface area contributed by atoms with Gasteiger partial charge in [0, 0.05) is 11.7 Å². The molecule has 1 amide bonds. The topological polar surface area (TPSA) is 41.6 Å². The number of nitrogens with zero attached hydrogens (tertiary/aromatic N) is 1. The van der Waals surface area contributed by atoms with Crippen LogP contribution in [0.1, 0.15) is 42.9 Å². The van der Waals surface area contributed by atoms with Crippen molar-refractivity contribution in [3.8, 4) is 5.75 Å². The summed E-state index contributed by atoms with van der Waals surface area (Å²) in [5, 5.41) is 3.49. The van der Waals surface area contributed by atoms with E-state index in [4.69, 9.17) is 4.74 Å². The number of ether oxygens (including phenoxy) is 1. The van der Waals surface area contributed by atoms with Gasteiger partial charge in [-0.15, -0.1) is 0 Å². The molecule has 2 aromatic carbocycles. The zero-order valence-electron chi connectivity index (χ0n) is 13.7. The van der Waals surface area contributed by atoms with Gasteiger partial charge < -0.3 is 15.0 Å². The van der Waals surface area contributed by atoms with Gasteiger partial charge in [-0.05, 0) is 50.6 Å². The molecular formula is C19H22N2O2. The van der Waals surface area contributed by atoms with Crippen molar-refractivity contribution in [2.24, 2.45) is 0 Å². The Balaban J connectivity index is 1.98. The molecule has 1 aliphatic rings. The lowest BCUT2D eigenvalue weighted by Crippen LogP contribution is -2.46. The summed E-state index contributed by atoms with van der Waals surface area (Å²) in [6.45, 7) is 6.68. The maximum Gasteiger partial charge on any atom is 0.258 e. The van der Waals surface area contributed by atoms with E-state index in [2.05, 4.69) is 5.32 Å². The van der Waals surface area contributed by atoms with Gasteiger partial charge in [-0.2, -0.15) is 0 Å². The molecule has 0 saturated carbocycles. The van der Waals surface area contributed by atoms with Gasteiger partial charge in [0.05, 0.1) is 12.2 Å². The van der Waals surface area contributed by atoms with Crippen LogP contribution in [0.4, 0.5) is 5.69 Å². The highest BCUT2D eigenvalue weighted by Crippen LogP contribution is 2.34. The van der Waals surface area contributed by atoms with Gasteiger partial charge in [0.1, 0.15) is 11.9 Å². The molecular weight excluding hydrogens is 288 g/mol. The summed E-state index contributed by atoms with van der Waals surface area (Å²) in [7, 11) is 0. The van der Waals surface area contributed by atoms with Crippen molar-refractivity contribution < 1.29 is 9.53 Å². The second-order valence-corrected chi connectivity index (χ2v) is 5.90. The van der Waals surface area contributed by atoms with Crippen LogP contribution in [0.15, 0.2) is 48.5 Å². The second kappa shape index (κ2) is 6.32. The van der Waals surface area contributed by atoms with E-state index >= 15 is 0 Å². The van der Waals surface area contributed by atoms with Crippen molar-refractivity contribution in [1.29, 1.82) is 0 Å². The Morgan fingerprint density at radius 1 is 1.13 bits per heavy atom. The Bertz CT molecular complexity index is 695. The molecule has 4 heteroatoms. The number of nitrogens with one attached hydrogen (secondary N) is 1. The largest absolute Gasteiger partial charge is 0.494 e. The van der Waals surface area contributed by atoms with E-state index in [-0.39, 0.29) is 18.1 Å². The summed E-state index contributed by atoms with van der Waals surface area (Å²) in [5.41, 5.74) is 2.65. The number of carbonyl (C=O) groups excluding carboxylic acids is 1. The molecule has 1 N–H and O–H groups in total. The molecule has 0 spiro atoms. The average Bonchev–Trinajstić information content (AvgIpc) is 2.55. The fourth-order valence-electron chi connectivity index (χ4n) is 2.96. The number of hydrogen-bond acceptors (Lipinski definition) is 3. The molecule has 0 fully saturated rings. The number of para-hydroxylation sites is 1. The van der Waals surface area contributed by atoms with Crippen LogP contribution in [-0.4, -0.2) is 23.5 Å². The third-order valence-electron chi connectivity index (χ3n) is 4.03. The van der Waals surface area contributed by atoms with Gasteiger partial charge in [0.2, 0.25) is 0 Å². The summed E-state index contributed by atoms with van der Waals surface area (Å²) < 4.78 is 5.50. The predicted octanol–water partition coefficient (Wildman–Crippen LogP) is 4.06. The molecule has 1 aliphatic heterocycles. The molecule has 0 bridgehead atoms.